The van der Waals surface area contributed by atoms with Gasteiger partial charge < -0.3 is 9.31 Å². The van der Waals surface area contributed by atoms with Crippen molar-refractivity contribution in [3.8, 4) is 0 Å². The largest absolute Gasteiger partial charge is 0.513 e. The van der Waals surface area contributed by atoms with Gasteiger partial charge in [0.1, 0.15) is 0 Å². The van der Waals surface area contributed by atoms with Crippen molar-refractivity contribution in [2.24, 2.45) is 5.10 Å². The van der Waals surface area contributed by atoms with Crippen LogP contribution in [-0.2, 0) is 9.31 Å². The molecule has 4 nitrogen and oxygen atoms in total. The molecule has 1 heterocycles. The average Bonchev–Trinajstić information content (AvgIpc) is 2.22. The molecule has 0 aliphatic carbocycles. The normalized spacial score (nSPS) is 23.3. The number of hydrogen-bond acceptors (Lipinski definition) is 4. The fourth-order valence-electron chi connectivity index (χ4n) is 1.14. The van der Waals surface area contributed by atoms with Crippen LogP contribution < -0.4 is 5.43 Å². The summed E-state index contributed by atoms with van der Waals surface area (Å²) >= 11 is 0. The highest BCUT2D eigenvalue weighted by Crippen LogP contribution is 2.37. The molecule has 14 heavy (non-hydrogen) atoms. The Kier molecular flexibility index (Phi) is 2.74. The molecule has 1 saturated heterocycles. The minimum absolute atomic E-state index is 0.344. The first-order valence-corrected chi connectivity index (χ1v) is 4.56. The maximum absolute atomic E-state index is 5.71. The van der Waals surface area contributed by atoms with Crippen LogP contribution in [0.5, 0.6) is 0 Å². The fourth-order valence-corrected chi connectivity index (χ4v) is 1.14. The highest BCUT2D eigenvalue weighted by Gasteiger charge is 2.52. The summed E-state index contributed by atoms with van der Waals surface area (Å²) in [6, 6.07) is 0. The summed E-state index contributed by atoms with van der Waals surface area (Å²) in [5, 5.41) is 3.52. The Bertz CT molecular complexity index is 248. The van der Waals surface area contributed by atoms with E-state index in [0.717, 1.165) is 0 Å². The second kappa shape index (κ2) is 3.40. The summed E-state index contributed by atoms with van der Waals surface area (Å²) in [5.41, 5.74) is 2.51. The van der Waals surface area contributed by atoms with Crippen molar-refractivity contribution in [2.45, 2.75) is 38.9 Å². The van der Waals surface area contributed by atoms with Crippen molar-refractivity contribution in [1.82, 2.24) is 5.43 Å². The van der Waals surface area contributed by atoms with Gasteiger partial charge in [-0.1, -0.05) is 6.58 Å². The molecule has 0 atom stereocenters. The van der Waals surface area contributed by atoms with Crippen molar-refractivity contribution < 1.29 is 9.31 Å². The molecule has 0 saturated carbocycles. The molecule has 1 aliphatic heterocycles. The van der Waals surface area contributed by atoms with Gasteiger partial charge in [-0.05, 0) is 27.7 Å². The third-order valence-corrected chi connectivity index (χ3v) is 2.76. The van der Waals surface area contributed by atoms with Gasteiger partial charge in [0.25, 0.3) is 0 Å². The molecule has 0 aromatic heterocycles. The van der Waals surface area contributed by atoms with Crippen LogP contribution in [0.4, 0.5) is 0 Å². The van der Waals surface area contributed by atoms with Crippen LogP contribution in [0.25, 0.3) is 0 Å². The van der Waals surface area contributed by atoms with Crippen LogP contribution in [-0.4, -0.2) is 25.0 Å². The molecule has 1 rings (SSSR count). The van der Waals surface area contributed by atoms with E-state index in [2.05, 4.69) is 23.8 Å². The summed E-state index contributed by atoms with van der Waals surface area (Å²) in [7, 11) is -0.467. The Labute approximate surface area is 85.5 Å². The zero-order valence-corrected chi connectivity index (χ0v) is 9.26. The van der Waals surface area contributed by atoms with E-state index in [1.165, 1.54) is 0 Å². The smallest absolute Gasteiger partial charge is 0.398 e. The van der Waals surface area contributed by atoms with Crippen molar-refractivity contribution in [3.63, 3.8) is 0 Å². The monoisotopic (exact) mass is 196 g/mol. The molecule has 1 N–H and O–H groups in total. The summed E-state index contributed by atoms with van der Waals surface area (Å²) in [5.74, 6) is 0. The standard InChI is InChI=1S/C9H17BN2O2/c1-7(12-11-6)10-13-8(2,3)9(4,5)14-10/h12H,1,6H2,2-5H3. The van der Waals surface area contributed by atoms with Crippen LogP contribution in [0.3, 0.4) is 0 Å². The lowest BCUT2D eigenvalue weighted by Crippen LogP contribution is -2.41. The third-order valence-electron chi connectivity index (χ3n) is 2.76. The third kappa shape index (κ3) is 1.83. The molecule has 78 valence electrons. The molecule has 1 aliphatic rings. The van der Waals surface area contributed by atoms with Gasteiger partial charge in [0, 0.05) is 6.72 Å². The lowest BCUT2D eigenvalue weighted by atomic mass is 9.86. The summed E-state index contributed by atoms with van der Waals surface area (Å²) in [6.45, 7) is 15.0. The van der Waals surface area contributed by atoms with Gasteiger partial charge in [-0.3, -0.25) is 5.43 Å². The van der Waals surface area contributed by atoms with E-state index in [-0.39, 0.29) is 11.2 Å². The number of hydrazone groups is 1. The fraction of sp³-hybridized carbons (Fsp3) is 0.667. The molecule has 0 radical (unpaired) electrons. The van der Waals surface area contributed by atoms with Crippen molar-refractivity contribution in [2.75, 3.05) is 0 Å². The molecule has 0 aromatic rings. The predicted molar refractivity (Wildman–Crippen MR) is 57.9 cm³/mol. The molecule has 0 aromatic carbocycles. The van der Waals surface area contributed by atoms with Crippen LogP contribution in [0.15, 0.2) is 17.3 Å². The minimum atomic E-state index is -0.467. The first-order valence-electron chi connectivity index (χ1n) is 4.56. The Morgan fingerprint density at radius 2 is 1.64 bits per heavy atom. The first kappa shape index (κ1) is 11.3. The Morgan fingerprint density at radius 3 is 2.00 bits per heavy atom. The van der Waals surface area contributed by atoms with Crippen LogP contribution in [0.2, 0.25) is 0 Å². The quantitative estimate of drug-likeness (QED) is 0.420. The summed E-state index contributed by atoms with van der Waals surface area (Å²) in [4.78, 5) is 0. The van der Waals surface area contributed by atoms with Crippen LogP contribution in [0, 0.1) is 0 Å². The van der Waals surface area contributed by atoms with Crippen LogP contribution in [0.1, 0.15) is 27.7 Å². The molecule has 1 fully saturated rings. The average molecular weight is 196 g/mol. The van der Waals surface area contributed by atoms with Gasteiger partial charge in [0.15, 0.2) is 0 Å². The van der Waals surface area contributed by atoms with Gasteiger partial charge in [0.2, 0.25) is 0 Å². The lowest BCUT2D eigenvalue weighted by Gasteiger charge is -2.32. The van der Waals surface area contributed by atoms with E-state index in [0.29, 0.717) is 5.60 Å². The molecular formula is C9H17BN2O2. The minimum Gasteiger partial charge on any atom is -0.398 e. The molecule has 0 unspecified atom stereocenters. The number of nitrogens with zero attached hydrogens (tertiary/aromatic N) is 1. The van der Waals surface area contributed by atoms with Gasteiger partial charge in [0.05, 0.1) is 16.8 Å². The highest BCUT2D eigenvalue weighted by molar-refractivity contribution is 6.54. The zero-order valence-electron chi connectivity index (χ0n) is 9.26. The Hall–Kier alpha value is -0.805. The first-order chi connectivity index (χ1) is 6.30. The number of nitrogens with one attached hydrogen (secondary N) is 1. The van der Waals surface area contributed by atoms with E-state index in [1.54, 1.807) is 0 Å². The van der Waals surface area contributed by atoms with Crippen molar-refractivity contribution in [1.29, 1.82) is 0 Å². The van der Waals surface area contributed by atoms with E-state index >= 15 is 0 Å². The van der Waals surface area contributed by atoms with E-state index in [1.807, 2.05) is 27.7 Å². The van der Waals surface area contributed by atoms with Gasteiger partial charge >= 0.3 is 7.12 Å². The second-order valence-electron chi connectivity index (χ2n) is 4.38. The summed E-state index contributed by atoms with van der Waals surface area (Å²) < 4.78 is 11.4. The summed E-state index contributed by atoms with van der Waals surface area (Å²) in [6.07, 6.45) is 0. The lowest BCUT2D eigenvalue weighted by molar-refractivity contribution is 0.00578. The number of hydrogen-bond donors (Lipinski definition) is 1. The maximum Gasteiger partial charge on any atom is 0.513 e. The van der Waals surface area contributed by atoms with Gasteiger partial charge in [-0.2, -0.15) is 5.10 Å². The van der Waals surface area contributed by atoms with Crippen molar-refractivity contribution in [3.05, 3.63) is 12.2 Å². The van der Waals surface area contributed by atoms with Gasteiger partial charge in [-0.15, -0.1) is 0 Å². The van der Waals surface area contributed by atoms with Crippen LogP contribution >= 0.6 is 0 Å². The Morgan fingerprint density at radius 1 is 1.21 bits per heavy atom. The molecular weight excluding hydrogens is 179 g/mol. The topological polar surface area (TPSA) is 42.9 Å². The molecule has 0 bridgehead atoms. The highest BCUT2D eigenvalue weighted by atomic mass is 16.7. The van der Waals surface area contributed by atoms with Crippen molar-refractivity contribution >= 4 is 13.8 Å². The number of rotatable bonds is 3. The second-order valence-corrected chi connectivity index (χ2v) is 4.38. The zero-order chi connectivity index (χ0) is 11.0. The van der Waals surface area contributed by atoms with E-state index in [4.69, 9.17) is 9.31 Å². The predicted octanol–water partition coefficient (Wildman–Crippen LogP) is 1.34. The van der Waals surface area contributed by atoms with E-state index < -0.39 is 7.12 Å². The molecule has 5 heteroatoms. The van der Waals surface area contributed by atoms with E-state index in [9.17, 15) is 0 Å². The molecule has 0 spiro atoms. The maximum atomic E-state index is 5.71. The molecule has 0 amide bonds. The SMILES string of the molecule is C=NNC(=C)B1OC(C)(C)C(C)(C)O1. The van der Waals surface area contributed by atoms with Gasteiger partial charge in [-0.25, -0.2) is 0 Å². The Balaban J connectivity index is 2.72.